The summed E-state index contributed by atoms with van der Waals surface area (Å²) in [6.45, 7) is 0. The fourth-order valence-electron chi connectivity index (χ4n) is 1.87. The van der Waals surface area contributed by atoms with E-state index in [1.165, 1.54) is 6.07 Å². The zero-order valence-electron chi connectivity index (χ0n) is 11.7. The van der Waals surface area contributed by atoms with Gasteiger partial charge < -0.3 is 25.5 Å². The molecule has 2 rings (SSSR count). The molecule has 0 bridgehead atoms. The van der Waals surface area contributed by atoms with Crippen molar-refractivity contribution in [1.29, 1.82) is 0 Å². The summed E-state index contributed by atoms with van der Waals surface area (Å²) in [7, 11) is 0. The van der Waals surface area contributed by atoms with Crippen LogP contribution in [0.15, 0.2) is 42.5 Å². The highest BCUT2D eigenvalue weighted by Gasteiger charge is 2.33. The summed E-state index contributed by atoms with van der Waals surface area (Å²) in [5.41, 5.74) is 0.0865. The number of carbonyl (C=O) groups is 3. The Labute approximate surface area is 129 Å². The summed E-state index contributed by atoms with van der Waals surface area (Å²) in [5.74, 6) is -4.38. The summed E-state index contributed by atoms with van der Waals surface area (Å²) in [6, 6.07) is 11.7. The van der Waals surface area contributed by atoms with Crippen LogP contribution in [0.25, 0.3) is 10.8 Å². The third-order valence-corrected chi connectivity index (χ3v) is 3.00. The monoisotopic (exact) mass is 322 g/mol. The average molecular weight is 322 g/mol. The van der Waals surface area contributed by atoms with Crippen molar-refractivity contribution in [2.24, 2.45) is 0 Å². The third kappa shape index (κ3) is 3.89. The van der Waals surface area contributed by atoms with Crippen LogP contribution in [0, 0.1) is 0 Å². The molecule has 0 heterocycles. The Morgan fingerprint density at radius 1 is 0.913 bits per heavy atom. The normalized spacial score (nSPS) is 12.8. The molecule has 0 spiro atoms. The number of carbonyl (C=O) groups excluding carboxylic acids is 2. The van der Waals surface area contributed by atoms with E-state index in [2.05, 4.69) is 4.74 Å². The van der Waals surface area contributed by atoms with Crippen LogP contribution in [0.3, 0.4) is 0 Å². The molecule has 2 atom stereocenters. The SMILES string of the molecule is O.O=C(OC(=O)C(O)C(O)C(=O)O)c1cccc2ccccc12. The van der Waals surface area contributed by atoms with Gasteiger partial charge in [0, 0.05) is 0 Å². The topological polar surface area (TPSA) is 153 Å². The first-order valence-electron chi connectivity index (χ1n) is 6.24. The van der Waals surface area contributed by atoms with Crippen molar-refractivity contribution in [1.82, 2.24) is 0 Å². The van der Waals surface area contributed by atoms with Gasteiger partial charge in [-0.2, -0.15) is 0 Å². The van der Waals surface area contributed by atoms with Crippen molar-refractivity contribution in [2.45, 2.75) is 12.2 Å². The second-order valence-corrected chi connectivity index (χ2v) is 4.46. The van der Waals surface area contributed by atoms with E-state index in [1.807, 2.05) is 0 Å². The lowest BCUT2D eigenvalue weighted by Crippen LogP contribution is -2.41. The minimum atomic E-state index is -2.37. The van der Waals surface area contributed by atoms with Crippen LogP contribution in [0.1, 0.15) is 10.4 Å². The van der Waals surface area contributed by atoms with E-state index in [-0.39, 0.29) is 11.0 Å². The molecule has 0 amide bonds. The smallest absolute Gasteiger partial charge is 0.346 e. The summed E-state index contributed by atoms with van der Waals surface area (Å²) in [5, 5.41) is 28.1. The van der Waals surface area contributed by atoms with Gasteiger partial charge in [0.25, 0.3) is 0 Å². The summed E-state index contributed by atoms with van der Waals surface area (Å²) >= 11 is 0. The largest absolute Gasteiger partial charge is 0.479 e. The Kier molecular flexibility index (Phi) is 5.91. The number of aliphatic carboxylic acids is 1. The molecule has 2 aromatic carbocycles. The Morgan fingerprint density at radius 3 is 2.17 bits per heavy atom. The molecule has 0 fully saturated rings. The van der Waals surface area contributed by atoms with Gasteiger partial charge in [0.15, 0.2) is 12.2 Å². The number of ether oxygens (including phenoxy) is 1. The summed E-state index contributed by atoms with van der Waals surface area (Å²) in [6.07, 6.45) is -4.72. The van der Waals surface area contributed by atoms with Crippen LogP contribution in [-0.4, -0.2) is 50.9 Å². The molecule has 5 N–H and O–H groups in total. The van der Waals surface area contributed by atoms with Crippen molar-refractivity contribution in [3.8, 4) is 0 Å². The maximum Gasteiger partial charge on any atom is 0.346 e. The molecule has 0 radical (unpaired) electrons. The lowest BCUT2D eigenvalue weighted by molar-refractivity contribution is -0.166. The van der Waals surface area contributed by atoms with Gasteiger partial charge in [-0.25, -0.2) is 14.4 Å². The van der Waals surface area contributed by atoms with Gasteiger partial charge in [-0.05, 0) is 16.8 Å². The van der Waals surface area contributed by atoms with Gasteiger partial charge >= 0.3 is 17.9 Å². The van der Waals surface area contributed by atoms with Crippen LogP contribution < -0.4 is 0 Å². The zero-order valence-corrected chi connectivity index (χ0v) is 11.7. The van der Waals surface area contributed by atoms with Gasteiger partial charge in [-0.1, -0.05) is 36.4 Å². The molecule has 0 saturated heterocycles. The highest BCUT2D eigenvalue weighted by atomic mass is 16.6. The van der Waals surface area contributed by atoms with E-state index in [1.54, 1.807) is 36.4 Å². The second-order valence-electron chi connectivity index (χ2n) is 4.46. The maximum atomic E-state index is 12.0. The number of carboxylic acids is 1. The first-order valence-corrected chi connectivity index (χ1v) is 6.24. The van der Waals surface area contributed by atoms with E-state index in [0.717, 1.165) is 5.39 Å². The van der Waals surface area contributed by atoms with Crippen molar-refractivity contribution in [3.05, 3.63) is 48.0 Å². The molecule has 2 unspecified atom stereocenters. The molecular weight excluding hydrogens is 308 g/mol. The molecule has 122 valence electrons. The number of benzene rings is 2. The van der Waals surface area contributed by atoms with Crippen LogP contribution in [0.4, 0.5) is 0 Å². The van der Waals surface area contributed by atoms with Gasteiger partial charge in [-0.3, -0.25) is 0 Å². The Hall–Kier alpha value is -2.81. The molecule has 8 heteroatoms. The van der Waals surface area contributed by atoms with E-state index in [4.69, 9.17) is 10.2 Å². The number of aliphatic hydroxyl groups is 2. The highest BCUT2D eigenvalue weighted by Crippen LogP contribution is 2.19. The molecule has 0 aromatic heterocycles. The number of esters is 2. The number of carboxylic acid groups (broad SMARTS) is 1. The fourth-order valence-corrected chi connectivity index (χ4v) is 1.87. The van der Waals surface area contributed by atoms with Crippen LogP contribution in [0.2, 0.25) is 0 Å². The number of hydrogen-bond acceptors (Lipinski definition) is 6. The minimum absolute atomic E-state index is 0. The highest BCUT2D eigenvalue weighted by molar-refractivity contribution is 6.08. The maximum absolute atomic E-state index is 12.0. The minimum Gasteiger partial charge on any atom is -0.479 e. The van der Waals surface area contributed by atoms with Crippen LogP contribution in [0.5, 0.6) is 0 Å². The molecule has 0 aliphatic heterocycles. The van der Waals surface area contributed by atoms with E-state index < -0.39 is 30.1 Å². The quantitative estimate of drug-likeness (QED) is 0.507. The van der Waals surface area contributed by atoms with E-state index in [9.17, 15) is 19.5 Å². The van der Waals surface area contributed by atoms with Crippen molar-refractivity contribution < 1.29 is 39.9 Å². The fraction of sp³-hybridized carbons (Fsp3) is 0.133. The zero-order chi connectivity index (χ0) is 16.3. The van der Waals surface area contributed by atoms with Gasteiger partial charge in [0.1, 0.15) is 0 Å². The number of fused-ring (bicyclic) bond motifs is 1. The molecule has 0 saturated carbocycles. The Morgan fingerprint density at radius 2 is 1.52 bits per heavy atom. The number of rotatable bonds is 4. The van der Waals surface area contributed by atoms with Gasteiger partial charge in [-0.15, -0.1) is 0 Å². The second kappa shape index (κ2) is 7.45. The Bertz CT molecular complexity index is 734. The summed E-state index contributed by atoms with van der Waals surface area (Å²) in [4.78, 5) is 33.9. The molecule has 0 aliphatic rings. The van der Waals surface area contributed by atoms with Gasteiger partial charge in [0.2, 0.25) is 0 Å². The van der Waals surface area contributed by atoms with Crippen molar-refractivity contribution in [3.63, 3.8) is 0 Å². The lowest BCUT2D eigenvalue weighted by atomic mass is 10.0. The average Bonchev–Trinajstić information content (AvgIpc) is 2.52. The third-order valence-electron chi connectivity index (χ3n) is 3.00. The van der Waals surface area contributed by atoms with Crippen molar-refractivity contribution in [2.75, 3.05) is 0 Å². The predicted octanol–water partition coefficient (Wildman–Crippen LogP) is -0.495. The molecule has 0 aliphatic carbocycles. The predicted molar refractivity (Wildman–Crippen MR) is 77.6 cm³/mol. The van der Waals surface area contributed by atoms with Gasteiger partial charge in [0.05, 0.1) is 5.56 Å². The Balaban J connectivity index is 0.00000264. The molecule has 23 heavy (non-hydrogen) atoms. The molecule has 2 aromatic rings. The number of aliphatic hydroxyl groups excluding tert-OH is 2. The van der Waals surface area contributed by atoms with Crippen LogP contribution in [-0.2, 0) is 14.3 Å². The van der Waals surface area contributed by atoms with Crippen LogP contribution >= 0.6 is 0 Å². The first kappa shape index (κ1) is 18.2. The van der Waals surface area contributed by atoms with E-state index >= 15 is 0 Å². The first-order chi connectivity index (χ1) is 10.4. The standard InChI is InChI=1S/C15H12O7.H2O/c16-11(13(18)19)12(17)15(21)22-14(20)10-7-3-5-8-4-1-2-6-9(8)10;/h1-7,11-12,16-17H,(H,18,19);1H2. The lowest BCUT2D eigenvalue weighted by Gasteiger charge is -2.12. The summed E-state index contributed by atoms with van der Waals surface area (Å²) < 4.78 is 4.43. The number of hydrogen-bond donors (Lipinski definition) is 3. The van der Waals surface area contributed by atoms with Crippen molar-refractivity contribution >= 4 is 28.7 Å². The van der Waals surface area contributed by atoms with E-state index in [0.29, 0.717) is 5.39 Å². The molecule has 8 nitrogen and oxygen atoms in total. The molecular formula is C15H14O8.